The third-order valence-electron chi connectivity index (χ3n) is 2.75. The van der Waals surface area contributed by atoms with Crippen LogP contribution in [0.3, 0.4) is 0 Å². The molecule has 0 spiro atoms. The molecule has 0 aromatic carbocycles. The quantitative estimate of drug-likeness (QED) is 0.786. The van der Waals surface area contributed by atoms with Crippen LogP contribution in [0, 0.1) is 0 Å². The number of carbonyl (C=O) groups excluding carboxylic acids is 1. The highest BCUT2D eigenvalue weighted by Crippen LogP contribution is 2.11. The summed E-state index contributed by atoms with van der Waals surface area (Å²) in [6.45, 7) is 2.06. The third-order valence-corrected chi connectivity index (χ3v) is 2.75. The van der Waals surface area contributed by atoms with Gasteiger partial charge < -0.3 is 9.97 Å². The van der Waals surface area contributed by atoms with Crippen molar-refractivity contribution in [2.75, 3.05) is 0 Å². The van der Waals surface area contributed by atoms with Gasteiger partial charge >= 0.3 is 5.69 Å². The first-order valence-corrected chi connectivity index (χ1v) is 5.98. The largest absolute Gasteiger partial charge is 0.323 e. The van der Waals surface area contributed by atoms with Gasteiger partial charge in [0.2, 0.25) is 5.78 Å². The van der Waals surface area contributed by atoms with Gasteiger partial charge in [-0.15, -0.1) is 0 Å². The van der Waals surface area contributed by atoms with Crippen LogP contribution in [0.25, 0.3) is 0 Å². The molecule has 0 aliphatic carbocycles. The molecule has 0 aliphatic rings. The minimum absolute atomic E-state index is 0.179. The van der Waals surface area contributed by atoms with Crippen molar-refractivity contribution < 1.29 is 4.79 Å². The van der Waals surface area contributed by atoms with Gasteiger partial charge in [-0.05, 0) is 25.0 Å². The molecule has 0 amide bonds. The molecule has 0 saturated heterocycles. The lowest BCUT2D eigenvalue weighted by molar-refractivity contribution is 0.103. The molecule has 2 rings (SSSR count). The van der Waals surface area contributed by atoms with Crippen LogP contribution in [-0.2, 0) is 6.42 Å². The molecule has 5 heteroatoms. The van der Waals surface area contributed by atoms with E-state index >= 15 is 0 Å². The molecule has 5 nitrogen and oxygen atoms in total. The number of nitrogens with one attached hydrogen (secondary N) is 2. The summed E-state index contributed by atoms with van der Waals surface area (Å²) in [6.07, 6.45) is 5.76. The number of aromatic nitrogens is 3. The van der Waals surface area contributed by atoms with E-state index < -0.39 is 0 Å². The van der Waals surface area contributed by atoms with Gasteiger partial charge in [0.05, 0.1) is 0 Å². The number of nitrogens with zero attached hydrogens (tertiary/aromatic N) is 1. The number of unbranched alkanes of at least 4 members (excludes halogenated alkanes) is 1. The highest BCUT2D eigenvalue weighted by molar-refractivity contribution is 6.08. The normalized spacial score (nSPS) is 10.5. The Balaban J connectivity index is 2.33. The second kappa shape index (κ2) is 5.44. The molecule has 0 radical (unpaired) electrons. The van der Waals surface area contributed by atoms with Crippen LogP contribution in [0.4, 0.5) is 0 Å². The van der Waals surface area contributed by atoms with Gasteiger partial charge in [-0.1, -0.05) is 13.3 Å². The van der Waals surface area contributed by atoms with E-state index in [-0.39, 0.29) is 11.5 Å². The maximum absolute atomic E-state index is 12.2. The lowest BCUT2D eigenvalue weighted by Crippen LogP contribution is -2.07. The molecule has 0 aliphatic heterocycles. The molecular weight excluding hydrogens is 230 g/mol. The second-order valence-electron chi connectivity index (χ2n) is 4.10. The van der Waals surface area contributed by atoms with Crippen molar-refractivity contribution in [3.05, 3.63) is 52.0 Å². The molecule has 2 aromatic rings. The first-order valence-electron chi connectivity index (χ1n) is 5.98. The number of aryl methyl sites for hydroxylation is 1. The van der Waals surface area contributed by atoms with E-state index in [9.17, 15) is 9.59 Å². The van der Waals surface area contributed by atoms with Crippen LogP contribution >= 0.6 is 0 Å². The number of imidazole rings is 1. The average molecular weight is 245 g/mol. The zero-order valence-electron chi connectivity index (χ0n) is 10.2. The van der Waals surface area contributed by atoms with Crippen LogP contribution in [0.15, 0.2) is 29.3 Å². The zero-order chi connectivity index (χ0) is 13.0. The summed E-state index contributed by atoms with van der Waals surface area (Å²) in [5, 5.41) is 0. The minimum Gasteiger partial charge on any atom is -0.309 e. The van der Waals surface area contributed by atoms with Crippen molar-refractivity contribution in [3.63, 3.8) is 0 Å². The smallest absolute Gasteiger partial charge is 0.309 e. The first kappa shape index (κ1) is 12.3. The molecule has 0 fully saturated rings. The highest BCUT2D eigenvalue weighted by atomic mass is 16.1. The Labute approximate surface area is 104 Å². The van der Waals surface area contributed by atoms with E-state index in [4.69, 9.17) is 0 Å². The zero-order valence-corrected chi connectivity index (χ0v) is 10.2. The molecule has 0 saturated carbocycles. The van der Waals surface area contributed by atoms with Crippen LogP contribution in [0.5, 0.6) is 0 Å². The number of carbonyl (C=O) groups is 1. The van der Waals surface area contributed by atoms with Gasteiger partial charge in [-0.25, -0.2) is 4.79 Å². The fraction of sp³-hybridized carbons (Fsp3) is 0.308. The minimum atomic E-state index is -0.335. The Hall–Kier alpha value is -2.17. The molecule has 2 heterocycles. The molecule has 18 heavy (non-hydrogen) atoms. The summed E-state index contributed by atoms with van der Waals surface area (Å²) in [5.41, 5.74) is 1.24. The monoisotopic (exact) mass is 245 g/mol. The summed E-state index contributed by atoms with van der Waals surface area (Å²) < 4.78 is 0. The van der Waals surface area contributed by atoms with Gasteiger partial charge in [0.15, 0.2) is 0 Å². The standard InChI is InChI=1S/C13H15N3O2/c1-2-3-4-10-11(16-13(18)15-10)12(17)9-5-7-14-8-6-9/h5-8H,2-4H2,1H3,(H2,15,16,18). The van der Waals surface area contributed by atoms with Crippen molar-refractivity contribution in [2.45, 2.75) is 26.2 Å². The van der Waals surface area contributed by atoms with Gasteiger partial charge in [-0.2, -0.15) is 0 Å². The third kappa shape index (κ3) is 2.56. The Morgan fingerprint density at radius 2 is 2.00 bits per heavy atom. The number of pyridine rings is 1. The molecule has 94 valence electrons. The molecule has 2 aromatic heterocycles. The Morgan fingerprint density at radius 1 is 1.28 bits per heavy atom. The first-order chi connectivity index (χ1) is 8.72. The number of ketones is 1. The average Bonchev–Trinajstić information content (AvgIpc) is 2.77. The molecular formula is C13H15N3O2. The predicted molar refractivity (Wildman–Crippen MR) is 67.7 cm³/mol. The van der Waals surface area contributed by atoms with Crippen LogP contribution in [0.2, 0.25) is 0 Å². The van der Waals surface area contributed by atoms with Gasteiger partial charge in [-0.3, -0.25) is 9.78 Å². The molecule has 2 N–H and O–H groups in total. The molecule has 0 unspecified atom stereocenters. The van der Waals surface area contributed by atoms with E-state index in [0.717, 1.165) is 12.8 Å². The van der Waals surface area contributed by atoms with Crippen molar-refractivity contribution >= 4 is 5.78 Å². The second-order valence-corrected chi connectivity index (χ2v) is 4.10. The lowest BCUT2D eigenvalue weighted by Gasteiger charge is -2.01. The highest BCUT2D eigenvalue weighted by Gasteiger charge is 2.16. The Kier molecular flexibility index (Phi) is 3.72. The fourth-order valence-electron chi connectivity index (χ4n) is 1.80. The summed E-state index contributed by atoms with van der Waals surface area (Å²) in [5.74, 6) is -0.179. The van der Waals surface area contributed by atoms with Crippen molar-refractivity contribution in [1.29, 1.82) is 0 Å². The number of hydrogen-bond donors (Lipinski definition) is 2. The van der Waals surface area contributed by atoms with E-state index in [1.165, 1.54) is 0 Å². The Morgan fingerprint density at radius 3 is 2.67 bits per heavy atom. The maximum Gasteiger partial charge on any atom is 0.323 e. The van der Waals surface area contributed by atoms with Crippen molar-refractivity contribution in [1.82, 2.24) is 15.0 Å². The van der Waals surface area contributed by atoms with Gasteiger partial charge in [0.1, 0.15) is 5.69 Å². The van der Waals surface area contributed by atoms with E-state index in [0.29, 0.717) is 23.4 Å². The number of hydrogen-bond acceptors (Lipinski definition) is 3. The predicted octanol–water partition coefficient (Wildman–Crippen LogP) is 1.67. The van der Waals surface area contributed by atoms with Crippen molar-refractivity contribution in [3.8, 4) is 0 Å². The van der Waals surface area contributed by atoms with Gasteiger partial charge in [0, 0.05) is 23.7 Å². The number of rotatable bonds is 5. The van der Waals surface area contributed by atoms with Gasteiger partial charge in [0.25, 0.3) is 0 Å². The van der Waals surface area contributed by atoms with Crippen LogP contribution in [-0.4, -0.2) is 20.7 Å². The lowest BCUT2D eigenvalue weighted by atomic mass is 10.1. The van der Waals surface area contributed by atoms with Crippen LogP contribution < -0.4 is 5.69 Å². The number of aromatic amines is 2. The van der Waals surface area contributed by atoms with E-state index in [1.807, 2.05) is 0 Å². The molecule has 0 atom stereocenters. The van der Waals surface area contributed by atoms with Crippen LogP contribution in [0.1, 0.15) is 41.5 Å². The Bertz CT molecular complexity index is 584. The summed E-state index contributed by atoms with van der Waals surface area (Å²) >= 11 is 0. The fourth-order valence-corrected chi connectivity index (χ4v) is 1.80. The SMILES string of the molecule is CCCCc1[nH]c(=O)[nH]c1C(=O)c1ccncc1. The maximum atomic E-state index is 12.2. The molecule has 0 bridgehead atoms. The number of H-pyrrole nitrogens is 2. The summed E-state index contributed by atoms with van der Waals surface area (Å²) in [7, 11) is 0. The topological polar surface area (TPSA) is 78.6 Å². The summed E-state index contributed by atoms with van der Waals surface area (Å²) in [6, 6.07) is 3.27. The van der Waals surface area contributed by atoms with Crippen molar-refractivity contribution in [2.24, 2.45) is 0 Å². The summed E-state index contributed by atoms with van der Waals surface area (Å²) in [4.78, 5) is 32.7. The van der Waals surface area contributed by atoms with E-state index in [2.05, 4.69) is 21.9 Å². The van der Waals surface area contributed by atoms with E-state index in [1.54, 1.807) is 24.5 Å².